The highest BCUT2D eigenvalue weighted by Crippen LogP contribution is 2.24. The summed E-state index contributed by atoms with van der Waals surface area (Å²) in [7, 11) is 0. The van der Waals surface area contributed by atoms with Crippen molar-refractivity contribution in [3.63, 3.8) is 0 Å². The van der Waals surface area contributed by atoms with Crippen LogP contribution < -0.4 is 5.32 Å². The molecule has 140 valence electrons. The molecule has 0 radical (unpaired) electrons. The Kier molecular flexibility index (Phi) is 6.87. The summed E-state index contributed by atoms with van der Waals surface area (Å²) in [6.07, 6.45) is 5.23. The first kappa shape index (κ1) is 19.0. The summed E-state index contributed by atoms with van der Waals surface area (Å²) in [6, 6.07) is 13.9. The van der Waals surface area contributed by atoms with Crippen molar-refractivity contribution in [3.8, 4) is 11.6 Å². The van der Waals surface area contributed by atoms with E-state index in [0.29, 0.717) is 35.6 Å². The third-order valence-electron chi connectivity index (χ3n) is 3.91. The van der Waals surface area contributed by atoms with Crippen molar-refractivity contribution in [1.29, 1.82) is 0 Å². The van der Waals surface area contributed by atoms with E-state index < -0.39 is 0 Å². The van der Waals surface area contributed by atoms with Gasteiger partial charge in [-0.3, -0.25) is 9.36 Å². The highest BCUT2D eigenvalue weighted by atomic mass is 32.2. The number of aromatic nitrogens is 3. The molecule has 6 nitrogen and oxygen atoms in total. The number of aryl methyl sites for hydroxylation is 1. The summed E-state index contributed by atoms with van der Waals surface area (Å²) >= 11 is 1.36. The minimum absolute atomic E-state index is 0.0132. The summed E-state index contributed by atoms with van der Waals surface area (Å²) in [4.78, 5) is 12.1. The predicted octanol–water partition coefficient (Wildman–Crippen LogP) is 3.57. The van der Waals surface area contributed by atoms with Gasteiger partial charge in [0.05, 0.1) is 12.0 Å². The van der Waals surface area contributed by atoms with Crippen LogP contribution in [0.5, 0.6) is 0 Å². The molecule has 0 unspecified atom stereocenters. The lowest BCUT2D eigenvalue weighted by molar-refractivity contribution is -0.118. The molecule has 27 heavy (non-hydrogen) atoms. The second-order valence-corrected chi connectivity index (χ2v) is 6.85. The first-order valence-electron chi connectivity index (χ1n) is 8.79. The lowest BCUT2D eigenvalue weighted by atomic mass is 10.1. The number of furan rings is 1. The van der Waals surface area contributed by atoms with Gasteiger partial charge in [-0.25, -0.2) is 0 Å². The largest absolute Gasteiger partial charge is 0.461 e. The molecule has 0 aliphatic rings. The van der Waals surface area contributed by atoms with Gasteiger partial charge in [0.15, 0.2) is 10.9 Å². The smallest absolute Gasteiger partial charge is 0.230 e. The summed E-state index contributed by atoms with van der Waals surface area (Å²) < 4.78 is 7.29. The van der Waals surface area contributed by atoms with Crippen molar-refractivity contribution in [1.82, 2.24) is 20.1 Å². The summed E-state index contributed by atoms with van der Waals surface area (Å²) in [6.45, 7) is 4.98. The van der Waals surface area contributed by atoms with Gasteiger partial charge in [-0.05, 0) is 30.5 Å². The van der Waals surface area contributed by atoms with Gasteiger partial charge in [0, 0.05) is 13.1 Å². The van der Waals surface area contributed by atoms with Gasteiger partial charge in [-0.15, -0.1) is 16.8 Å². The van der Waals surface area contributed by atoms with Gasteiger partial charge in [0.2, 0.25) is 11.7 Å². The molecule has 0 aliphatic heterocycles. The fourth-order valence-electron chi connectivity index (χ4n) is 2.62. The normalized spacial score (nSPS) is 10.7. The molecular weight excluding hydrogens is 360 g/mol. The van der Waals surface area contributed by atoms with Crippen LogP contribution in [-0.2, 0) is 17.8 Å². The molecule has 3 aromatic rings. The maximum atomic E-state index is 12.1. The molecule has 1 aromatic carbocycles. The van der Waals surface area contributed by atoms with Gasteiger partial charge in [0.25, 0.3) is 0 Å². The fraction of sp³-hybridized carbons (Fsp3) is 0.250. The van der Waals surface area contributed by atoms with E-state index in [1.807, 2.05) is 28.8 Å². The molecule has 1 N–H and O–H groups in total. The Bertz CT molecular complexity index is 860. The standard InChI is InChI=1S/C20H22N4O2S/c1-2-13-24-19(17-11-7-14-26-17)22-23-20(24)27-15-18(25)21-12-6-10-16-8-4-3-5-9-16/h2-5,7-9,11,14H,1,6,10,12-13,15H2,(H,21,25). The third kappa shape index (κ3) is 5.34. The molecule has 3 rings (SSSR count). The third-order valence-corrected chi connectivity index (χ3v) is 4.88. The number of hydrogen-bond donors (Lipinski definition) is 1. The van der Waals surface area contributed by atoms with Crippen LogP contribution in [0.25, 0.3) is 11.6 Å². The number of thioether (sulfide) groups is 1. The summed E-state index contributed by atoms with van der Waals surface area (Å²) in [5.74, 6) is 1.55. The molecule has 7 heteroatoms. The number of allylic oxidation sites excluding steroid dienone is 1. The zero-order chi connectivity index (χ0) is 18.9. The number of amides is 1. The molecule has 1 amide bonds. The van der Waals surface area contributed by atoms with E-state index in [-0.39, 0.29) is 5.91 Å². The monoisotopic (exact) mass is 382 g/mol. The maximum Gasteiger partial charge on any atom is 0.230 e. The van der Waals surface area contributed by atoms with Crippen LogP contribution in [-0.4, -0.2) is 33.0 Å². The van der Waals surface area contributed by atoms with Crippen molar-refractivity contribution in [2.24, 2.45) is 0 Å². The Morgan fingerprint density at radius 2 is 2.07 bits per heavy atom. The van der Waals surface area contributed by atoms with Crippen LogP contribution in [0.1, 0.15) is 12.0 Å². The predicted molar refractivity (Wildman–Crippen MR) is 106 cm³/mol. The van der Waals surface area contributed by atoms with Crippen LogP contribution in [0.15, 0.2) is 71.0 Å². The van der Waals surface area contributed by atoms with E-state index in [1.165, 1.54) is 17.3 Å². The molecule has 0 spiro atoms. The number of carbonyl (C=O) groups is 1. The molecule has 0 saturated carbocycles. The molecule has 0 fully saturated rings. The Labute approximate surface area is 162 Å². The number of rotatable bonds is 10. The van der Waals surface area contributed by atoms with E-state index in [4.69, 9.17) is 4.42 Å². The van der Waals surface area contributed by atoms with E-state index in [0.717, 1.165) is 12.8 Å². The van der Waals surface area contributed by atoms with Crippen LogP contribution in [0, 0.1) is 0 Å². The van der Waals surface area contributed by atoms with Gasteiger partial charge in [0.1, 0.15) is 0 Å². The lowest BCUT2D eigenvalue weighted by Gasteiger charge is -2.07. The molecular formula is C20H22N4O2S. The van der Waals surface area contributed by atoms with Gasteiger partial charge in [-0.1, -0.05) is 48.2 Å². The van der Waals surface area contributed by atoms with E-state index in [2.05, 4.69) is 34.2 Å². The second-order valence-electron chi connectivity index (χ2n) is 5.91. The summed E-state index contributed by atoms with van der Waals surface area (Å²) in [5.41, 5.74) is 1.28. The highest BCUT2D eigenvalue weighted by Gasteiger charge is 2.16. The van der Waals surface area contributed by atoms with Gasteiger partial charge < -0.3 is 9.73 Å². The van der Waals surface area contributed by atoms with Gasteiger partial charge in [-0.2, -0.15) is 0 Å². The highest BCUT2D eigenvalue weighted by molar-refractivity contribution is 7.99. The van der Waals surface area contributed by atoms with Crippen LogP contribution >= 0.6 is 11.8 Å². The van der Waals surface area contributed by atoms with Crippen LogP contribution in [0.2, 0.25) is 0 Å². The van der Waals surface area contributed by atoms with Crippen molar-refractivity contribution in [2.75, 3.05) is 12.3 Å². The minimum Gasteiger partial charge on any atom is -0.461 e. The quantitative estimate of drug-likeness (QED) is 0.330. The Hall–Kier alpha value is -2.80. The van der Waals surface area contributed by atoms with E-state index >= 15 is 0 Å². The number of hydrogen-bond acceptors (Lipinski definition) is 5. The number of nitrogens with one attached hydrogen (secondary N) is 1. The lowest BCUT2D eigenvalue weighted by Crippen LogP contribution is -2.26. The van der Waals surface area contributed by atoms with Crippen molar-refractivity contribution < 1.29 is 9.21 Å². The number of benzene rings is 1. The summed E-state index contributed by atoms with van der Waals surface area (Å²) in [5, 5.41) is 12.0. The van der Waals surface area contributed by atoms with E-state index in [1.54, 1.807) is 18.4 Å². The van der Waals surface area contributed by atoms with Gasteiger partial charge >= 0.3 is 0 Å². The zero-order valence-corrected chi connectivity index (χ0v) is 15.8. The molecule has 0 bridgehead atoms. The fourth-order valence-corrected chi connectivity index (χ4v) is 3.40. The Morgan fingerprint density at radius 1 is 1.22 bits per heavy atom. The Balaban J connectivity index is 1.48. The molecule has 2 heterocycles. The average Bonchev–Trinajstić information content (AvgIpc) is 3.35. The van der Waals surface area contributed by atoms with Crippen LogP contribution in [0.3, 0.4) is 0 Å². The van der Waals surface area contributed by atoms with Crippen molar-refractivity contribution in [3.05, 3.63) is 66.9 Å². The molecule has 2 aromatic heterocycles. The second kappa shape index (κ2) is 9.78. The minimum atomic E-state index is -0.0132. The average molecular weight is 382 g/mol. The molecule has 0 saturated heterocycles. The Morgan fingerprint density at radius 3 is 2.81 bits per heavy atom. The first-order chi connectivity index (χ1) is 13.3. The molecule has 0 atom stereocenters. The van der Waals surface area contributed by atoms with Crippen molar-refractivity contribution in [2.45, 2.75) is 24.5 Å². The molecule has 0 aliphatic carbocycles. The number of nitrogens with zero attached hydrogens (tertiary/aromatic N) is 3. The topological polar surface area (TPSA) is 73.0 Å². The maximum absolute atomic E-state index is 12.1. The van der Waals surface area contributed by atoms with Crippen molar-refractivity contribution >= 4 is 17.7 Å². The zero-order valence-electron chi connectivity index (χ0n) is 15.0. The first-order valence-corrected chi connectivity index (χ1v) is 9.78. The van der Waals surface area contributed by atoms with Crippen LogP contribution in [0.4, 0.5) is 0 Å². The number of carbonyl (C=O) groups excluding carboxylic acids is 1. The SMILES string of the molecule is C=CCn1c(SCC(=O)NCCCc2ccccc2)nnc1-c1ccco1. The van der Waals surface area contributed by atoms with E-state index in [9.17, 15) is 4.79 Å².